The van der Waals surface area contributed by atoms with Crippen LogP contribution in [-0.2, 0) is 11.2 Å². The highest BCUT2D eigenvalue weighted by Crippen LogP contribution is 2.18. The van der Waals surface area contributed by atoms with Crippen LogP contribution in [0.15, 0.2) is 18.2 Å². The fourth-order valence-corrected chi connectivity index (χ4v) is 1.68. The zero-order chi connectivity index (χ0) is 13.9. The van der Waals surface area contributed by atoms with E-state index in [1.165, 1.54) is 7.05 Å². The van der Waals surface area contributed by atoms with Gasteiger partial charge < -0.3 is 4.90 Å². The van der Waals surface area contributed by atoms with Crippen molar-refractivity contribution < 1.29 is 18.0 Å². The quantitative estimate of drug-likeness (QED) is 0.817. The Bertz CT molecular complexity index is 440. The molecule has 2 nitrogen and oxygen atoms in total. The van der Waals surface area contributed by atoms with E-state index in [2.05, 4.69) is 0 Å². The Morgan fingerprint density at radius 3 is 2.44 bits per heavy atom. The predicted molar refractivity (Wildman–Crippen MR) is 63.3 cm³/mol. The number of carbonyl (C=O) groups excluding carboxylic acids is 1. The summed E-state index contributed by atoms with van der Waals surface area (Å²) in [5.41, 5.74) is 3.05. The van der Waals surface area contributed by atoms with Crippen LogP contribution < -0.4 is 0 Å². The molecule has 1 amide bonds. The van der Waals surface area contributed by atoms with Gasteiger partial charge in [0.2, 0.25) is 0 Å². The number of likely N-dealkylation sites (N-methyl/N-ethyl adjacent to an activating group) is 1. The smallest absolute Gasteiger partial charge is 0.338 e. The zero-order valence-electron chi connectivity index (χ0n) is 10.6. The number of alkyl halides is 3. The summed E-state index contributed by atoms with van der Waals surface area (Å²) in [6.45, 7) is 3.89. The Morgan fingerprint density at radius 2 is 1.89 bits per heavy atom. The van der Waals surface area contributed by atoms with Gasteiger partial charge in [-0.1, -0.05) is 23.8 Å². The lowest BCUT2D eigenvalue weighted by molar-refractivity contribution is -0.184. The molecule has 1 aromatic carbocycles. The lowest BCUT2D eigenvalue weighted by atomic mass is 10.0. The zero-order valence-corrected chi connectivity index (χ0v) is 10.6. The van der Waals surface area contributed by atoms with Crippen LogP contribution in [-0.4, -0.2) is 30.6 Å². The molecule has 0 aliphatic heterocycles. The molecule has 0 heterocycles. The molecule has 0 saturated carbocycles. The van der Waals surface area contributed by atoms with Gasteiger partial charge >= 0.3 is 12.1 Å². The van der Waals surface area contributed by atoms with Gasteiger partial charge in [0.25, 0.3) is 0 Å². The molecular weight excluding hydrogens is 243 g/mol. The van der Waals surface area contributed by atoms with Crippen LogP contribution >= 0.6 is 0 Å². The molecule has 0 saturated heterocycles. The summed E-state index contributed by atoms with van der Waals surface area (Å²) in [5, 5.41) is 0. The number of hydrogen-bond donors (Lipinski definition) is 0. The minimum atomic E-state index is -4.80. The van der Waals surface area contributed by atoms with E-state index in [0.29, 0.717) is 11.3 Å². The van der Waals surface area contributed by atoms with Gasteiger partial charge in [-0.15, -0.1) is 0 Å². The second-order valence-corrected chi connectivity index (χ2v) is 4.40. The molecular formula is C13H16F3NO. The van der Waals surface area contributed by atoms with Gasteiger partial charge in [0.15, 0.2) is 0 Å². The molecule has 0 radical (unpaired) electrons. The van der Waals surface area contributed by atoms with E-state index in [-0.39, 0.29) is 6.54 Å². The van der Waals surface area contributed by atoms with Crippen LogP contribution in [0.4, 0.5) is 13.2 Å². The lowest BCUT2D eigenvalue weighted by Crippen LogP contribution is -2.39. The molecule has 1 rings (SSSR count). The van der Waals surface area contributed by atoms with Gasteiger partial charge in [-0.3, -0.25) is 4.79 Å². The summed E-state index contributed by atoms with van der Waals surface area (Å²) in [4.78, 5) is 11.6. The van der Waals surface area contributed by atoms with Crippen LogP contribution in [0, 0.1) is 13.8 Å². The number of amides is 1. The number of hydrogen-bond acceptors (Lipinski definition) is 1. The molecule has 0 aliphatic carbocycles. The van der Waals surface area contributed by atoms with E-state index in [1.54, 1.807) is 0 Å². The first kappa shape index (κ1) is 14.5. The van der Waals surface area contributed by atoms with Crippen molar-refractivity contribution in [3.05, 3.63) is 34.9 Å². The largest absolute Gasteiger partial charge is 0.471 e. The molecule has 0 fully saturated rings. The van der Waals surface area contributed by atoms with Crippen molar-refractivity contribution in [1.29, 1.82) is 0 Å². The first-order chi connectivity index (χ1) is 8.21. The molecule has 5 heteroatoms. The summed E-state index contributed by atoms with van der Waals surface area (Å²) < 4.78 is 36.5. The third-order valence-corrected chi connectivity index (χ3v) is 2.81. The molecule has 0 spiro atoms. The van der Waals surface area contributed by atoms with E-state index in [0.717, 1.165) is 16.7 Å². The molecule has 0 unspecified atom stereocenters. The third kappa shape index (κ3) is 3.75. The molecule has 0 atom stereocenters. The summed E-state index contributed by atoms with van der Waals surface area (Å²) in [7, 11) is 1.17. The minimum absolute atomic E-state index is 0.0582. The first-order valence-corrected chi connectivity index (χ1v) is 5.60. The van der Waals surface area contributed by atoms with E-state index in [4.69, 9.17) is 0 Å². The number of nitrogens with zero attached hydrogens (tertiary/aromatic N) is 1. The van der Waals surface area contributed by atoms with Crippen molar-refractivity contribution >= 4 is 5.91 Å². The monoisotopic (exact) mass is 259 g/mol. The van der Waals surface area contributed by atoms with Crippen molar-refractivity contribution in [2.45, 2.75) is 26.4 Å². The van der Waals surface area contributed by atoms with Crippen molar-refractivity contribution in [1.82, 2.24) is 4.90 Å². The lowest BCUT2D eigenvalue weighted by Gasteiger charge is -2.19. The van der Waals surface area contributed by atoms with E-state index in [1.807, 2.05) is 32.0 Å². The van der Waals surface area contributed by atoms with Crippen molar-refractivity contribution in [2.24, 2.45) is 0 Å². The number of rotatable bonds is 3. The normalized spacial score (nSPS) is 11.4. The number of carbonyl (C=O) groups is 1. The van der Waals surface area contributed by atoms with Gasteiger partial charge in [0, 0.05) is 13.6 Å². The van der Waals surface area contributed by atoms with Gasteiger partial charge in [0.1, 0.15) is 0 Å². The van der Waals surface area contributed by atoms with Crippen LogP contribution in [0.1, 0.15) is 16.7 Å². The van der Waals surface area contributed by atoms with Gasteiger partial charge in [-0.25, -0.2) is 0 Å². The molecule has 18 heavy (non-hydrogen) atoms. The van der Waals surface area contributed by atoms with Crippen molar-refractivity contribution in [2.75, 3.05) is 13.6 Å². The summed E-state index contributed by atoms with van der Waals surface area (Å²) in [6, 6.07) is 5.81. The number of aryl methyl sites for hydroxylation is 2. The second-order valence-electron chi connectivity index (χ2n) is 4.40. The molecule has 0 N–H and O–H groups in total. The van der Waals surface area contributed by atoms with E-state index in [9.17, 15) is 18.0 Å². The average molecular weight is 259 g/mol. The van der Waals surface area contributed by atoms with Crippen LogP contribution in [0.25, 0.3) is 0 Å². The highest BCUT2D eigenvalue weighted by atomic mass is 19.4. The first-order valence-electron chi connectivity index (χ1n) is 5.60. The van der Waals surface area contributed by atoms with Crippen LogP contribution in [0.3, 0.4) is 0 Å². The Hall–Kier alpha value is -1.52. The third-order valence-electron chi connectivity index (χ3n) is 2.81. The second kappa shape index (κ2) is 5.42. The maximum atomic E-state index is 12.2. The minimum Gasteiger partial charge on any atom is -0.338 e. The molecule has 0 aromatic heterocycles. The Labute approximate surface area is 104 Å². The van der Waals surface area contributed by atoms with Crippen molar-refractivity contribution in [3.63, 3.8) is 0 Å². The molecule has 0 bridgehead atoms. The average Bonchev–Trinajstić information content (AvgIpc) is 2.27. The predicted octanol–water partition coefficient (Wildman–Crippen LogP) is 2.87. The number of halogens is 3. The van der Waals surface area contributed by atoms with Gasteiger partial charge in [-0.05, 0) is 31.4 Å². The SMILES string of the molecule is Cc1ccc(C)c(CCN(C)C(=O)C(F)(F)F)c1. The fourth-order valence-electron chi connectivity index (χ4n) is 1.68. The fraction of sp³-hybridized carbons (Fsp3) is 0.462. The molecule has 1 aromatic rings. The number of benzene rings is 1. The van der Waals surface area contributed by atoms with E-state index < -0.39 is 12.1 Å². The maximum absolute atomic E-state index is 12.2. The Kier molecular flexibility index (Phi) is 4.38. The summed E-state index contributed by atoms with van der Waals surface area (Å²) >= 11 is 0. The van der Waals surface area contributed by atoms with Crippen molar-refractivity contribution in [3.8, 4) is 0 Å². The summed E-state index contributed by atoms with van der Waals surface area (Å²) in [6.07, 6.45) is -4.37. The van der Waals surface area contributed by atoms with Crippen LogP contribution in [0.5, 0.6) is 0 Å². The Balaban J connectivity index is 2.65. The highest BCUT2D eigenvalue weighted by Gasteiger charge is 2.40. The van der Waals surface area contributed by atoms with Gasteiger partial charge in [-0.2, -0.15) is 13.2 Å². The summed E-state index contributed by atoms with van der Waals surface area (Å²) in [5.74, 6) is -1.80. The molecule has 100 valence electrons. The van der Waals surface area contributed by atoms with E-state index >= 15 is 0 Å². The standard InChI is InChI=1S/C13H16F3NO/c1-9-4-5-10(2)11(8-9)6-7-17(3)12(18)13(14,15)16/h4-5,8H,6-7H2,1-3H3. The maximum Gasteiger partial charge on any atom is 0.471 e. The highest BCUT2D eigenvalue weighted by molar-refractivity contribution is 5.81. The van der Waals surface area contributed by atoms with Crippen LogP contribution in [0.2, 0.25) is 0 Å². The topological polar surface area (TPSA) is 20.3 Å². The van der Waals surface area contributed by atoms with Gasteiger partial charge in [0.05, 0.1) is 0 Å². The molecule has 0 aliphatic rings. The Morgan fingerprint density at radius 1 is 1.28 bits per heavy atom.